The number of hydrogen-bond acceptors (Lipinski definition) is 8. The maximum Gasteiger partial charge on any atom is 0.151 e. The predicted molar refractivity (Wildman–Crippen MR) is 136 cm³/mol. The van der Waals surface area contributed by atoms with Crippen molar-refractivity contribution in [1.29, 1.82) is 0 Å². The molecule has 0 aliphatic carbocycles. The molecule has 164 valence electrons. The van der Waals surface area contributed by atoms with Crippen molar-refractivity contribution in [2.75, 3.05) is 31.6 Å². The third kappa shape index (κ3) is 5.00. The predicted octanol–water partition coefficient (Wildman–Crippen LogP) is 6.11. The molecule has 32 heavy (non-hydrogen) atoms. The summed E-state index contributed by atoms with van der Waals surface area (Å²) in [5, 5.41) is 5.69. The summed E-state index contributed by atoms with van der Waals surface area (Å²) in [6.45, 7) is 8.33. The molecule has 4 aromatic rings. The van der Waals surface area contributed by atoms with Crippen LogP contribution in [0.5, 0.6) is 5.75 Å². The number of nitrogens with one attached hydrogen (secondary N) is 1. The number of benzene rings is 1. The number of aromatic nitrogens is 2. The summed E-state index contributed by atoms with van der Waals surface area (Å²) >= 11 is 3.51. The van der Waals surface area contributed by atoms with E-state index in [0.717, 1.165) is 60.3 Å². The first kappa shape index (κ1) is 21.5. The molecule has 0 spiro atoms. The lowest BCUT2D eigenvalue weighted by Crippen LogP contribution is -2.35. The molecular formula is C23H23N4O2PS2. The molecule has 1 saturated heterocycles. The SMILES string of the molecule is C=CPOc1cccc(Nc2ncnc3cc(-c4cc(CN5CCOCC5)cs4)sc23)c1. The van der Waals surface area contributed by atoms with Crippen molar-refractivity contribution < 1.29 is 9.26 Å². The minimum atomic E-state index is 0.236. The second-order valence-corrected chi connectivity index (χ2v) is 10.1. The van der Waals surface area contributed by atoms with Crippen LogP contribution < -0.4 is 9.84 Å². The summed E-state index contributed by atoms with van der Waals surface area (Å²) in [7, 11) is 0.236. The third-order valence-electron chi connectivity index (χ3n) is 5.07. The largest absolute Gasteiger partial charge is 0.473 e. The van der Waals surface area contributed by atoms with Gasteiger partial charge in [-0.1, -0.05) is 12.6 Å². The van der Waals surface area contributed by atoms with Gasteiger partial charge in [0.05, 0.1) is 32.2 Å². The topological polar surface area (TPSA) is 59.5 Å². The van der Waals surface area contributed by atoms with Crippen molar-refractivity contribution >= 4 is 53.2 Å². The van der Waals surface area contributed by atoms with Gasteiger partial charge in [0.25, 0.3) is 0 Å². The fourth-order valence-corrected chi connectivity index (χ4v) is 5.95. The Morgan fingerprint density at radius 1 is 1.19 bits per heavy atom. The molecule has 1 aromatic carbocycles. The Hall–Kier alpha value is -2.35. The summed E-state index contributed by atoms with van der Waals surface area (Å²) in [5.41, 5.74) is 3.23. The van der Waals surface area contributed by atoms with Crippen LogP contribution in [0.2, 0.25) is 0 Å². The van der Waals surface area contributed by atoms with Crippen molar-refractivity contribution in [1.82, 2.24) is 14.9 Å². The van der Waals surface area contributed by atoms with Crippen molar-refractivity contribution in [2.45, 2.75) is 6.54 Å². The van der Waals surface area contributed by atoms with Gasteiger partial charge in [-0.2, -0.15) is 0 Å². The minimum absolute atomic E-state index is 0.236. The Morgan fingerprint density at radius 2 is 2.09 bits per heavy atom. The number of hydrogen-bond donors (Lipinski definition) is 1. The van der Waals surface area contributed by atoms with Crippen LogP contribution in [0.4, 0.5) is 11.5 Å². The molecule has 9 heteroatoms. The van der Waals surface area contributed by atoms with Gasteiger partial charge < -0.3 is 14.6 Å². The first-order chi connectivity index (χ1) is 15.8. The van der Waals surface area contributed by atoms with Crippen LogP contribution in [0.1, 0.15) is 5.56 Å². The van der Waals surface area contributed by atoms with Gasteiger partial charge in [-0.3, -0.25) is 4.90 Å². The Labute approximate surface area is 196 Å². The molecule has 3 aromatic heterocycles. The number of anilines is 2. The van der Waals surface area contributed by atoms with Gasteiger partial charge in [-0.05, 0) is 41.0 Å². The lowest BCUT2D eigenvalue weighted by Gasteiger charge is -2.26. The second-order valence-electron chi connectivity index (χ2n) is 7.33. The van der Waals surface area contributed by atoms with Crippen LogP contribution in [0.25, 0.3) is 20.0 Å². The molecule has 4 heterocycles. The molecule has 0 amide bonds. The monoisotopic (exact) mass is 482 g/mol. The van der Waals surface area contributed by atoms with Gasteiger partial charge in [-0.25, -0.2) is 9.97 Å². The molecular weight excluding hydrogens is 459 g/mol. The molecule has 1 aliphatic heterocycles. The van der Waals surface area contributed by atoms with Crippen LogP contribution in [0.15, 0.2) is 60.5 Å². The number of ether oxygens (including phenoxy) is 1. The van der Waals surface area contributed by atoms with Gasteiger partial charge in [-0.15, -0.1) is 22.7 Å². The van der Waals surface area contributed by atoms with E-state index in [0.29, 0.717) is 0 Å². The van der Waals surface area contributed by atoms with Crippen LogP contribution in [0, 0.1) is 0 Å². The fraction of sp³-hybridized carbons (Fsp3) is 0.217. The number of rotatable bonds is 8. The van der Waals surface area contributed by atoms with Crippen LogP contribution in [-0.4, -0.2) is 41.2 Å². The molecule has 1 aliphatic rings. The second kappa shape index (κ2) is 10.1. The highest BCUT2D eigenvalue weighted by Crippen LogP contribution is 2.39. The smallest absolute Gasteiger partial charge is 0.151 e. The zero-order valence-corrected chi connectivity index (χ0v) is 20.0. The summed E-state index contributed by atoms with van der Waals surface area (Å²) in [6, 6.07) is 12.3. The van der Waals surface area contributed by atoms with Gasteiger partial charge in [0.15, 0.2) is 5.82 Å². The van der Waals surface area contributed by atoms with Gasteiger partial charge in [0.2, 0.25) is 0 Å². The maximum absolute atomic E-state index is 5.67. The van der Waals surface area contributed by atoms with E-state index < -0.39 is 0 Å². The van der Waals surface area contributed by atoms with E-state index in [9.17, 15) is 0 Å². The normalized spacial score (nSPS) is 14.9. The van der Waals surface area contributed by atoms with Gasteiger partial charge >= 0.3 is 0 Å². The van der Waals surface area contributed by atoms with Gasteiger partial charge in [0.1, 0.15) is 12.1 Å². The van der Waals surface area contributed by atoms with Crippen LogP contribution in [0.3, 0.4) is 0 Å². The Bertz CT molecular complexity index is 1220. The van der Waals surface area contributed by atoms with Crippen LogP contribution >= 0.6 is 31.5 Å². The molecule has 5 rings (SSSR count). The fourth-order valence-electron chi connectivity index (χ4n) is 3.55. The lowest BCUT2D eigenvalue weighted by molar-refractivity contribution is 0.0342. The minimum Gasteiger partial charge on any atom is -0.473 e. The van der Waals surface area contributed by atoms with Crippen molar-refractivity contribution in [3.63, 3.8) is 0 Å². The van der Waals surface area contributed by atoms with E-state index in [2.05, 4.69) is 44.3 Å². The van der Waals surface area contributed by atoms with Crippen LogP contribution in [-0.2, 0) is 11.3 Å². The van der Waals surface area contributed by atoms with Crippen molar-refractivity contribution in [2.24, 2.45) is 0 Å². The van der Waals surface area contributed by atoms with E-state index in [-0.39, 0.29) is 8.81 Å². The molecule has 1 unspecified atom stereocenters. The van der Waals surface area contributed by atoms with E-state index in [4.69, 9.17) is 9.26 Å². The van der Waals surface area contributed by atoms with E-state index >= 15 is 0 Å². The Kier molecular flexibility index (Phi) is 6.76. The molecule has 6 nitrogen and oxygen atoms in total. The number of fused-ring (bicyclic) bond motifs is 1. The van der Waals surface area contributed by atoms with Crippen molar-refractivity contribution in [3.05, 3.63) is 66.1 Å². The zero-order chi connectivity index (χ0) is 21.8. The highest BCUT2D eigenvalue weighted by Gasteiger charge is 2.15. The summed E-state index contributed by atoms with van der Waals surface area (Å²) < 4.78 is 12.2. The zero-order valence-electron chi connectivity index (χ0n) is 17.4. The molecule has 1 atom stereocenters. The summed E-state index contributed by atoms with van der Waals surface area (Å²) in [4.78, 5) is 13.9. The highest BCUT2D eigenvalue weighted by atomic mass is 32.1. The average molecular weight is 483 g/mol. The Morgan fingerprint density at radius 3 is 2.97 bits per heavy atom. The van der Waals surface area contributed by atoms with E-state index in [1.807, 2.05) is 24.3 Å². The molecule has 1 N–H and O–H groups in total. The molecule has 0 radical (unpaired) electrons. The molecule has 1 fully saturated rings. The lowest BCUT2D eigenvalue weighted by atomic mass is 10.2. The summed E-state index contributed by atoms with van der Waals surface area (Å²) in [5.74, 6) is 3.37. The van der Waals surface area contributed by atoms with Crippen molar-refractivity contribution in [3.8, 4) is 15.5 Å². The quantitative estimate of drug-likeness (QED) is 0.306. The third-order valence-corrected chi connectivity index (χ3v) is 7.90. The Balaban J connectivity index is 1.36. The number of nitrogens with zero attached hydrogens (tertiary/aromatic N) is 3. The first-order valence-corrected chi connectivity index (χ1v) is 13.0. The highest BCUT2D eigenvalue weighted by molar-refractivity contribution is 7.36. The number of morpholine rings is 1. The van der Waals surface area contributed by atoms with E-state index in [1.54, 1.807) is 34.8 Å². The number of thiophene rings is 2. The molecule has 0 bridgehead atoms. The van der Waals surface area contributed by atoms with Gasteiger partial charge in [0, 0.05) is 41.1 Å². The standard InChI is InChI=1S/C23H23N4O2PS2/c1-2-30-29-18-5-3-4-17(11-18)26-23-22-19(24-15-25-23)12-21(32-22)20-10-16(14-31-20)13-27-6-8-28-9-7-27/h2-5,10-12,14-15,30H,1,6-9,13H2,(H,24,25,26). The average Bonchev–Trinajstić information content (AvgIpc) is 3.46. The first-order valence-electron chi connectivity index (χ1n) is 10.3. The molecule has 0 saturated carbocycles. The van der Waals surface area contributed by atoms with E-state index in [1.165, 1.54) is 15.3 Å². The maximum atomic E-state index is 5.67. The summed E-state index contributed by atoms with van der Waals surface area (Å²) in [6.07, 6.45) is 1.61.